The summed E-state index contributed by atoms with van der Waals surface area (Å²) in [5, 5.41) is 18.4. The summed E-state index contributed by atoms with van der Waals surface area (Å²) < 4.78 is 0. The van der Waals surface area contributed by atoms with Crippen LogP contribution in [0.2, 0.25) is 0 Å². The fourth-order valence-electron chi connectivity index (χ4n) is 0.499. The average molecular weight is 177 g/mol. The highest BCUT2D eigenvalue weighted by molar-refractivity contribution is 7.99. The SMILES string of the molecule is CC(CO)SCCNC(=N)N. The van der Waals surface area contributed by atoms with E-state index < -0.39 is 0 Å². The smallest absolute Gasteiger partial charge is 0.185 e. The number of nitrogens with one attached hydrogen (secondary N) is 2. The summed E-state index contributed by atoms with van der Waals surface area (Å²) in [6, 6.07) is 0. The number of aliphatic hydroxyl groups excluding tert-OH is 1. The molecule has 0 aromatic rings. The third-order valence-corrected chi connectivity index (χ3v) is 2.23. The van der Waals surface area contributed by atoms with E-state index in [1.54, 1.807) is 11.8 Å². The lowest BCUT2D eigenvalue weighted by molar-refractivity contribution is 0.300. The van der Waals surface area contributed by atoms with Gasteiger partial charge in [0.15, 0.2) is 5.96 Å². The molecule has 0 fully saturated rings. The molecule has 0 bridgehead atoms. The summed E-state index contributed by atoms with van der Waals surface area (Å²) >= 11 is 1.65. The summed E-state index contributed by atoms with van der Waals surface area (Å²) in [6.07, 6.45) is 0. The predicted octanol–water partition coefficient (Wildman–Crippen LogP) is -0.417. The van der Waals surface area contributed by atoms with E-state index in [4.69, 9.17) is 16.2 Å². The van der Waals surface area contributed by atoms with Crippen molar-refractivity contribution in [2.75, 3.05) is 18.9 Å². The first-order valence-electron chi connectivity index (χ1n) is 3.47. The van der Waals surface area contributed by atoms with Gasteiger partial charge in [-0.15, -0.1) is 0 Å². The zero-order valence-corrected chi connectivity index (χ0v) is 7.45. The maximum Gasteiger partial charge on any atom is 0.185 e. The van der Waals surface area contributed by atoms with Crippen molar-refractivity contribution < 1.29 is 5.11 Å². The maximum absolute atomic E-state index is 8.64. The monoisotopic (exact) mass is 177 g/mol. The first-order valence-corrected chi connectivity index (χ1v) is 4.52. The molecule has 0 spiro atoms. The third-order valence-electron chi connectivity index (χ3n) is 1.08. The number of thioether (sulfide) groups is 1. The van der Waals surface area contributed by atoms with Gasteiger partial charge in [0.1, 0.15) is 0 Å². The zero-order chi connectivity index (χ0) is 8.69. The Morgan fingerprint density at radius 3 is 2.91 bits per heavy atom. The second-order valence-electron chi connectivity index (χ2n) is 2.20. The number of aliphatic hydroxyl groups is 1. The van der Waals surface area contributed by atoms with Crippen LogP contribution >= 0.6 is 11.8 Å². The van der Waals surface area contributed by atoms with Crippen molar-refractivity contribution in [3.05, 3.63) is 0 Å². The van der Waals surface area contributed by atoms with Crippen LogP contribution in [0.15, 0.2) is 0 Å². The zero-order valence-electron chi connectivity index (χ0n) is 6.63. The summed E-state index contributed by atoms with van der Waals surface area (Å²) in [5.41, 5.74) is 5.06. The normalized spacial score (nSPS) is 12.5. The van der Waals surface area contributed by atoms with Crippen LogP contribution in [0.4, 0.5) is 0 Å². The highest BCUT2D eigenvalue weighted by Gasteiger charge is 1.98. The minimum absolute atomic E-state index is 0.00208. The molecule has 66 valence electrons. The Kier molecular flexibility index (Phi) is 6.06. The molecule has 0 saturated carbocycles. The minimum Gasteiger partial charge on any atom is -0.395 e. The molecule has 0 amide bonds. The average Bonchev–Trinajstić information content (AvgIpc) is 1.97. The van der Waals surface area contributed by atoms with Gasteiger partial charge >= 0.3 is 0 Å². The van der Waals surface area contributed by atoms with Gasteiger partial charge in [-0.3, -0.25) is 5.41 Å². The summed E-state index contributed by atoms with van der Waals surface area (Å²) in [5.74, 6) is 0.864. The Bertz CT molecular complexity index is 120. The summed E-state index contributed by atoms with van der Waals surface area (Å²) in [4.78, 5) is 0. The van der Waals surface area contributed by atoms with E-state index in [9.17, 15) is 0 Å². The number of hydrogen-bond acceptors (Lipinski definition) is 3. The Hall–Kier alpha value is -0.420. The topological polar surface area (TPSA) is 82.1 Å². The molecule has 1 unspecified atom stereocenters. The quantitative estimate of drug-likeness (QED) is 0.261. The van der Waals surface area contributed by atoms with E-state index in [1.165, 1.54) is 0 Å². The molecule has 0 aromatic heterocycles. The molecule has 0 rings (SSSR count). The molecule has 0 heterocycles. The van der Waals surface area contributed by atoms with Crippen molar-refractivity contribution in [2.45, 2.75) is 12.2 Å². The fraction of sp³-hybridized carbons (Fsp3) is 0.833. The Balaban J connectivity index is 3.08. The number of rotatable bonds is 5. The van der Waals surface area contributed by atoms with Gasteiger partial charge in [0.25, 0.3) is 0 Å². The minimum atomic E-state index is 0.00208. The molecular weight excluding hydrogens is 162 g/mol. The van der Waals surface area contributed by atoms with Gasteiger partial charge in [-0.1, -0.05) is 6.92 Å². The van der Waals surface area contributed by atoms with E-state index in [0.717, 1.165) is 5.75 Å². The van der Waals surface area contributed by atoms with E-state index in [1.807, 2.05) is 6.92 Å². The molecule has 1 atom stereocenters. The molecule has 5 heteroatoms. The lowest BCUT2D eigenvalue weighted by Crippen LogP contribution is -2.32. The molecule has 4 nitrogen and oxygen atoms in total. The van der Waals surface area contributed by atoms with E-state index in [2.05, 4.69) is 5.32 Å². The van der Waals surface area contributed by atoms with Crippen LogP contribution < -0.4 is 11.1 Å². The van der Waals surface area contributed by atoms with Crippen molar-refractivity contribution in [2.24, 2.45) is 5.73 Å². The van der Waals surface area contributed by atoms with Gasteiger partial charge in [0.05, 0.1) is 6.61 Å². The summed E-state index contributed by atoms with van der Waals surface area (Å²) in [7, 11) is 0. The molecule has 11 heavy (non-hydrogen) atoms. The van der Waals surface area contributed by atoms with Crippen LogP contribution in [0.25, 0.3) is 0 Å². The summed E-state index contributed by atoms with van der Waals surface area (Å²) in [6.45, 7) is 2.84. The lowest BCUT2D eigenvalue weighted by Gasteiger charge is -2.07. The lowest BCUT2D eigenvalue weighted by atomic mass is 10.5. The predicted molar refractivity (Wildman–Crippen MR) is 48.9 cm³/mol. The van der Waals surface area contributed by atoms with Crippen LogP contribution in [0.5, 0.6) is 0 Å². The standard InChI is InChI=1S/C6H15N3OS/c1-5(4-10)11-3-2-9-6(7)8/h5,10H,2-4H2,1H3,(H4,7,8,9). The van der Waals surface area contributed by atoms with Crippen molar-refractivity contribution >= 4 is 17.7 Å². The molecular formula is C6H15N3OS. The van der Waals surface area contributed by atoms with E-state index in [-0.39, 0.29) is 17.8 Å². The van der Waals surface area contributed by atoms with Crippen molar-refractivity contribution in [1.82, 2.24) is 5.32 Å². The van der Waals surface area contributed by atoms with E-state index in [0.29, 0.717) is 6.54 Å². The first kappa shape index (κ1) is 10.6. The number of guanidine groups is 1. The molecule has 0 aliphatic rings. The molecule has 0 saturated heterocycles. The van der Waals surface area contributed by atoms with Gasteiger partial charge in [0, 0.05) is 17.5 Å². The Morgan fingerprint density at radius 2 is 2.45 bits per heavy atom. The highest BCUT2D eigenvalue weighted by atomic mass is 32.2. The Morgan fingerprint density at radius 1 is 1.82 bits per heavy atom. The van der Waals surface area contributed by atoms with Gasteiger partial charge in [0.2, 0.25) is 0 Å². The van der Waals surface area contributed by atoms with Crippen LogP contribution in [0.1, 0.15) is 6.92 Å². The van der Waals surface area contributed by atoms with Gasteiger partial charge in [-0.25, -0.2) is 0 Å². The molecule has 0 radical (unpaired) electrons. The van der Waals surface area contributed by atoms with Crippen LogP contribution in [-0.2, 0) is 0 Å². The fourth-order valence-corrected chi connectivity index (χ4v) is 1.23. The molecule has 0 aromatic carbocycles. The van der Waals surface area contributed by atoms with Gasteiger partial charge in [-0.2, -0.15) is 11.8 Å². The highest BCUT2D eigenvalue weighted by Crippen LogP contribution is 2.07. The van der Waals surface area contributed by atoms with Crippen molar-refractivity contribution in [1.29, 1.82) is 5.41 Å². The molecule has 0 aliphatic carbocycles. The van der Waals surface area contributed by atoms with Gasteiger partial charge < -0.3 is 16.2 Å². The third kappa shape index (κ3) is 7.48. The van der Waals surface area contributed by atoms with Crippen molar-refractivity contribution in [3.63, 3.8) is 0 Å². The Labute approximate surface area is 71.1 Å². The van der Waals surface area contributed by atoms with Crippen LogP contribution in [0.3, 0.4) is 0 Å². The first-order chi connectivity index (χ1) is 5.16. The van der Waals surface area contributed by atoms with Crippen LogP contribution in [-0.4, -0.2) is 35.2 Å². The largest absolute Gasteiger partial charge is 0.395 e. The second-order valence-corrected chi connectivity index (χ2v) is 3.75. The maximum atomic E-state index is 8.64. The number of hydrogen-bond donors (Lipinski definition) is 4. The van der Waals surface area contributed by atoms with Crippen LogP contribution in [0, 0.1) is 5.41 Å². The molecule has 5 N–H and O–H groups in total. The number of nitrogens with two attached hydrogens (primary N) is 1. The molecule has 0 aliphatic heterocycles. The van der Waals surface area contributed by atoms with Crippen molar-refractivity contribution in [3.8, 4) is 0 Å². The second kappa shape index (κ2) is 6.30. The van der Waals surface area contributed by atoms with Gasteiger partial charge in [-0.05, 0) is 0 Å². The van der Waals surface area contributed by atoms with E-state index >= 15 is 0 Å².